The van der Waals surface area contributed by atoms with E-state index in [1.54, 1.807) is 0 Å². The molecule has 0 saturated heterocycles. The summed E-state index contributed by atoms with van der Waals surface area (Å²) in [4.78, 5) is 11.1. The second kappa shape index (κ2) is 4.09. The molecule has 14 heavy (non-hydrogen) atoms. The third-order valence-electron chi connectivity index (χ3n) is 1.62. The molecular formula is C10H7F3O. The van der Waals surface area contributed by atoms with Gasteiger partial charge in [-0.3, -0.25) is 4.79 Å². The highest BCUT2D eigenvalue weighted by atomic mass is 19.1. The summed E-state index contributed by atoms with van der Waals surface area (Å²) in [5, 5.41) is 0. The van der Waals surface area contributed by atoms with Crippen LogP contribution >= 0.6 is 0 Å². The lowest BCUT2D eigenvalue weighted by Crippen LogP contribution is -2.05. The van der Waals surface area contributed by atoms with E-state index in [9.17, 15) is 18.0 Å². The van der Waals surface area contributed by atoms with E-state index in [-0.39, 0.29) is 6.42 Å². The molecule has 0 heterocycles. The van der Waals surface area contributed by atoms with Crippen LogP contribution in [0.1, 0.15) is 16.8 Å². The van der Waals surface area contributed by atoms with Crippen LogP contribution in [0, 0.1) is 17.5 Å². The molecule has 0 unspecified atom stereocenters. The number of hydrogen-bond acceptors (Lipinski definition) is 1. The van der Waals surface area contributed by atoms with Crippen molar-refractivity contribution in [3.8, 4) is 0 Å². The molecule has 4 heteroatoms. The van der Waals surface area contributed by atoms with Crippen molar-refractivity contribution in [1.82, 2.24) is 0 Å². The Morgan fingerprint density at radius 1 is 1.29 bits per heavy atom. The Kier molecular flexibility index (Phi) is 3.06. The van der Waals surface area contributed by atoms with Crippen LogP contribution < -0.4 is 0 Å². The average Bonchev–Trinajstić information content (AvgIpc) is 2.01. The first-order valence-corrected chi connectivity index (χ1v) is 3.85. The molecule has 0 aliphatic rings. The number of hydrogen-bond donors (Lipinski definition) is 0. The van der Waals surface area contributed by atoms with Crippen molar-refractivity contribution in [3.05, 3.63) is 47.8 Å². The van der Waals surface area contributed by atoms with Crippen molar-refractivity contribution in [2.75, 3.05) is 0 Å². The maximum atomic E-state index is 12.9. The summed E-state index contributed by atoms with van der Waals surface area (Å²) in [5.74, 6) is -4.17. The fraction of sp³-hybridized carbons (Fsp3) is 0.100. The van der Waals surface area contributed by atoms with Gasteiger partial charge in [-0.25, -0.2) is 13.2 Å². The maximum Gasteiger partial charge on any atom is 0.172 e. The van der Waals surface area contributed by atoms with Gasteiger partial charge in [-0.05, 0) is 0 Å². The minimum absolute atomic E-state index is 0.181. The molecule has 0 aliphatic carbocycles. The first kappa shape index (κ1) is 10.5. The molecule has 0 fully saturated rings. The molecule has 0 aromatic heterocycles. The second-order valence-corrected chi connectivity index (χ2v) is 2.66. The SMILES string of the molecule is C=CCC(=O)c1c(F)cc(F)cc1F. The molecule has 0 aliphatic heterocycles. The number of halogens is 3. The van der Waals surface area contributed by atoms with Crippen LogP contribution in [0.3, 0.4) is 0 Å². The zero-order valence-electron chi connectivity index (χ0n) is 7.19. The first-order valence-electron chi connectivity index (χ1n) is 3.85. The monoisotopic (exact) mass is 200 g/mol. The topological polar surface area (TPSA) is 17.1 Å². The van der Waals surface area contributed by atoms with Gasteiger partial charge >= 0.3 is 0 Å². The summed E-state index contributed by atoms with van der Waals surface area (Å²) >= 11 is 0. The highest BCUT2D eigenvalue weighted by Crippen LogP contribution is 2.16. The number of carbonyl (C=O) groups is 1. The molecule has 1 aromatic carbocycles. The lowest BCUT2D eigenvalue weighted by atomic mass is 10.1. The Bertz CT molecular complexity index is 362. The van der Waals surface area contributed by atoms with Crippen molar-refractivity contribution >= 4 is 5.78 Å². The van der Waals surface area contributed by atoms with Gasteiger partial charge in [0.2, 0.25) is 0 Å². The smallest absolute Gasteiger partial charge is 0.172 e. The molecule has 1 rings (SSSR count). The van der Waals surface area contributed by atoms with Crippen LogP contribution in [0.25, 0.3) is 0 Å². The Labute approximate surface area is 78.9 Å². The number of Topliss-reactive ketones (excluding diaryl/α,β-unsaturated/α-hetero) is 1. The number of allylic oxidation sites excluding steroid dienone is 1. The minimum atomic E-state index is -1.19. The molecule has 1 aromatic rings. The summed E-state index contributed by atoms with van der Waals surface area (Å²) in [7, 11) is 0. The standard InChI is InChI=1S/C10H7F3O/c1-2-3-9(14)10-7(12)4-6(11)5-8(10)13/h2,4-5H,1,3H2. The lowest BCUT2D eigenvalue weighted by molar-refractivity contribution is 0.0987. The Balaban J connectivity index is 3.20. The molecule has 0 amide bonds. The minimum Gasteiger partial charge on any atom is -0.294 e. The van der Waals surface area contributed by atoms with Gasteiger partial charge in [0.1, 0.15) is 17.5 Å². The predicted molar refractivity (Wildman–Crippen MR) is 45.5 cm³/mol. The molecule has 74 valence electrons. The van der Waals surface area contributed by atoms with Gasteiger partial charge in [0, 0.05) is 18.6 Å². The van der Waals surface area contributed by atoms with Crippen molar-refractivity contribution < 1.29 is 18.0 Å². The van der Waals surface area contributed by atoms with Gasteiger partial charge in [0.15, 0.2) is 5.78 Å². The Morgan fingerprint density at radius 3 is 2.21 bits per heavy atom. The van der Waals surface area contributed by atoms with E-state index < -0.39 is 28.8 Å². The van der Waals surface area contributed by atoms with E-state index in [0.29, 0.717) is 12.1 Å². The van der Waals surface area contributed by atoms with Crippen LogP contribution in [0.15, 0.2) is 24.8 Å². The summed E-state index contributed by atoms with van der Waals surface area (Å²) in [6.45, 7) is 3.26. The van der Waals surface area contributed by atoms with E-state index in [4.69, 9.17) is 0 Å². The van der Waals surface area contributed by atoms with Crippen molar-refractivity contribution in [2.45, 2.75) is 6.42 Å². The Morgan fingerprint density at radius 2 is 1.79 bits per heavy atom. The normalized spacial score (nSPS) is 9.93. The number of rotatable bonds is 3. The van der Waals surface area contributed by atoms with Crippen LogP contribution in [0.4, 0.5) is 13.2 Å². The average molecular weight is 200 g/mol. The van der Waals surface area contributed by atoms with Gasteiger partial charge in [0.05, 0.1) is 5.56 Å². The molecule has 0 saturated carbocycles. The molecule has 0 bridgehead atoms. The zero-order chi connectivity index (χ0) is 10.7. The maximum absolute atomic E-state index is 12.9. The van der Waals surface area contributed by atoms with E-state index in [2.05, 4.69) is 6.58 Å². The number of benzene rings is 1. The predicted octanol–water partition coefficient (Wildman–Crippen LogP) is 2.86. The Hall–Kier alpha value is -1.58. The molecule has 0 atom stereocenters. The van der Waals surface area contributed by atoms with Gasteiger partial charge < -0.3 is 0 Å². The van der Waals surface area contributed by atoms with Gasteiger partial charge in [-0.2, -0.15) is 0 Å². The summed E-state index contributed by atoms with van der Waals surface area (Å²) in [5.41, 5.74) is -0.716. The van der Waals surface area contributed by atoms with Crippen LogP contribution in [-0.2, 0) is 0 Å². The third kappa shape index (κ3) is 2.02. The fourth-order valence-corrected chi connectivity index (χ4v) is 1.04. The molecule has 0 N–H and O–H groups in total. The first-order chi connectivity index (χ1) is 6.56. The second-order valence-electron chi connectivity index (χ2n) is 2.66. The molecular weight excluding hydrogens is 193 g/mol. The molecule has 0 radical (unpaired) electrons. The van der Waals surface area contributed by atoms with Crippen LogP contribution in [0.5, 0.6) is 0 Å². The van der Waals surface area contributed by atoms with Gasteiger partial charge in [0.25, 0.3) is 0 Å². The molecule has 0 spiro atoms. The van der Waals surface area contributed by atoms with Crippen LogP contribution in [-0.4, -0.2) is 5.78 Å². The highest BCUT2D eigenvalue weighted by Gasteiger charge is 2.17. The van der Waals surface area contributed by atoms with E-state index in [0.717, 1.165) is 0 Å². The molecule has 1 nitrogen and oxygen atoms in total. The highest BCUT2D eigenvalue weighted by molar-refractivity contribution is 5.97. The zero-order valence-corrected chi connectivity index (χ0v) is 7.19. The van der Waals surface area contributed by atoms with E-state index >= 15 is 0 Å². The van der Waals surface area contributed by atoms with Crippen molar-refractivity contribution in [2.24, 2.45) is 0 Å². The third-order valence-corrected chi connectivity index (χ3v) is 1.62. The van der Waals surface area contributed by atoms with Gasteiger partial charge in [-0.15, -0.1) is 6.58 Å². The summed E-state index contributed by atoms with van der Waals surface area (Å²) < 4.78 is 38.3. The van der Waals surface area contributed by atoms with Crippen LogP contribution in [0.2, 0.25) is 0 Å². The van der Waals surface area contributed by atoms with E-state index in [1.165, 1.54) is 6.08 Å². The largest absolute Gasteiger partial charge is 0.294 e. The quantitative estimate of drug-likeness (QED) is 0.541. The summed E-state index contributed by atoms with van der Waals surface area (Å²) in [6, 6.07) is 0.943. The van der Waals surface area contributed by atoms with Crippen molar-refractivity contribution in [1.29, 1.82) is 0 Å². The lowest BCUT2D eigenvalue weighted by Gasteiger charge is -2.02. The van der Waals surface area contributed by atoms with E-state index in [1.807, 2.05) is 0 Å². The van der Waals surface area contributed by atoms with Crippen molar-refractivity contribution in [3.63, 3.8) is 0 Å². The number of ketones is 1. The fourth-order valence-electron chi connectivity index (χ4n) is 1.04. The number of carbonyl (C=O) groups excluding carboxylic acids is 1. The van der Waals surface area contributed by atoms with Gasteiger partial charge in [-0.1, -0.05) is 6.08 Å². The summed E-state index contributed by atoms with van der Waals surface area (Å²) in [6.07, 6.45) is 1.05.